The van der Waals surface area contributed by atoms with Crippen LogP contribution in [0.2, 0.25) is 0 Å². The topological polar surface area (TPSA) is 59.4 Å². The van der Waals surface area contributed by atoms with Gasteiger partial charge in [-0.25, -0.2) is 0 Å². The van der Waals surface area contributed by atoms with E-state index in [1.807, 2.05) is 40.0 Å². The minimum atomic E-state index is 0. The number of nitrogens with one attached hydrogen (secondary N) is 1. The standard InChI is InChI=1S/C21H28N4O2.ClH/c26-21(20-9-12-25(23-20)19-7-4-10-22-13-19)24-11-8-18(14-24)16-27-15-17-5-2-1-3-6-17;/h1-3,5-6,9,12,18-19,22H,4,7-8,10-11,13-16H2;1H. The molecule has 2 saturated heterocycles. The highest BCUT2D eigenvalue weighted by molar-refractivity contribution is 5.92. The lowest BCUT2D eigenvalue weighted by Crippen LogP contribution is -2.32. The summed E-state index contributed by atoms with van der Waals surface area (Å²) < 4.78 is 7.81. The van der Waals surface area contributed by atoms with Gasteiger partial charge in [0, 0.05) is 31.7 Å². The second-order valence-electron chi connectivity index (χ2n) is 7.59. The fourth-order valence-corrected chi connectivity index (χ4v) is 3.95. The molecule has 2 aromatic rings. The second-order valence-corrected chi connectivity index (χ2v) is 7.59. The minimum absolute atomic E-state index is 0. The van der Waals surface area contributed by atoms with Gasteiger partial charge in [-0.05, 0) is 37.4 Å². The Kier molecular flexibility index (Phi) is 7.48. The van der Waals surface area contributed by atoms with Gasteiger partial charge in [-0.2, -0.15) is 5.10 Å². The molecule has 2 unspecified atom stereocenters. The van der Waals surface area contributed by atoms with Crippen LogP contribution in [0.25, 0.3) is 0 Å². The van der Waals surface area contributed by atoms with Gasteiger partial charge in [0.1, 0.15) is 5.69 Å². The number of likely N-dealkylation sites (tertiary alicyclic amines) is 1. The Morgan fingerprint density at radius 2 is 2.07 bits per heavy atom. The predicted molar refractivity (Wildman–Crippen MR) is 111 cm³/mol. The fraction of sp³-hybridized carbons (Fsp3) is 0.524. The van der Waals surface area contributed by atoms with Gasteiger partial charge in [0.25, 0.3) is 5.91 Å². The summed E-state index contributed by atoms with van der Waals surface area (Å²) in [5.74, 6) is 0.449. The van der Waals surface area contributed by atoms with E-state index in [9.17, 15) is 4.79 Å². The third kappa shape index (κ3) is 5.13. The number of carbonyl (C=O) groups is 1. The van der Waals surface area contributed by atoms with Crippen LogP contribution in [0.5, 0.6) is 0 Å². The van der Waals surface area contributed by atoms with Crippen molar-refractivity contribution in [2.45, 2.75) is 31.9 Å². The number of benzene rings is 1. The smallest absolute Gasteiger partial charge is 0.274 e. The van der Waals surface area contributed by atoms with Crippen molar-refractivity contribution in [1.29, 1.82) is 0 Å². The number of rotatable bonds is 6. The number of ether oxygens (including phenoxy) is 1. The summed E-state index contributed by atoms with van der Waals surface area (Å²) in [7, 11) is 0. The van der Waals surface area contributed by atoms with Crippen molar-refractivity contribution in [3.63, 3.8) is 0 Å². The number of nitrogens with zero attached hydrogens (tertiary/aromatic N) is 3. The molecule has 3 heterocycles. The Morgan fingerprint density at radius 1 is 1.21 bits per heavy atom. The van der Waals surface area contributed by atoms with E-state index in [1.165, 1.54) is 5.56 Å². The van der Waals surface area contributed by atoms with Gasteiger partial charge >= 0.3 is 0 Å². The quantitative estimate of drug-likeness (QED) is 0.804. The minimum Gasteiger partial charge on any atom is -0.376 e. The molecule has 0 bridgehead atoms. The maximum atomic E-state index is 12.8. The Labute approximate surface area is 172 Å². The molecule has 1 N–H and O–H groups in total. The number of aromatic nitrogens is 2. The first-order valence-corrected chi connectivity index (χ1v) is 9.96. The van der Waals surface area contributed by atoms with Crippen molar-refractivity contribution in [2.24, 2.45) is 5.92 Å². The van der Waals surface area contributed by atoms with Gasteiger partial charge in [-0.3, -0.25) is 9.48 Å². The van der Waals surface area contributed by atoms with E-state index in [0.29, 0.717) is 30.9 Å². The Morgan fingerprint density at radius 3 is 2.86 bits per heavy atom. The summed E-state index contributed by atoms with van der Waals surface area (Å²) in [6, 6.07) is 12.4. The van der Waals surface area contributed by atoms with Crippen molar-refractivity contribution in [3.8, 4) is 0 Å². The summed E-state index contributed by atoms with van der Waals surface area (Å²) >= 11 is 0. The van der Waals surface area contributed by atoms with Gasteiger partial charge in [0.2, 0.25) is 0 Å². The molecule has 2 fully saturated rings. The molecule has 0 spiro atoms. The summed E-state index contributed by atoms with van der Waals surface area (Å²) in [6.07, 6.45) is 5.21. The van der Waals surface area contributed by atoms with Crippen LogP contribution in [-0.2, 0) is 11.3 Å². The van der Waals surface area contributed by atoms with Crippen LogP contribution in [-0.4, -0.2) is 53.4 Å². The van der Waals surface area contributed by atoms with Crippen molar-refractivity contribution in [2.75, 3.05) is 32.8 Å². The molecule has 0 saturated carbocycles. The van der Waals surface area contributed by atoms with Crippen LogP contribution >= 0.6 is 12.4 Å². The van der Waals surface area contributed by atoms with E-state index >= 15 is 0 Å². The van der Waals surface area contributed by atoms with Crippen LogP contribution in [0, 0.1) is 5.92 Å². The molecule has 6 nitrogen and oxygen atoms in total. The van der Waals surface area contributed by atoms with Crippen LogP contribution < -0.4 is 5.32 Å². The molecule has 0 radical (unpaired) electrons. The number of amides is 1. The molecule has 2 aliphatic rings. The molecule has 152 valence electrons. The highest BCUT2D eigenvalue weighted by Crippen LogP contribution is 2.20. The predicted octanol–water partition coefficient (Wildman–Crippen LogP) is 2.91. The molecule has 1 aromatic carbocycles. The fourth-order valence-electron chi connectivity index (χ4n) is 3.95. The van der Waals surface area contributed by atoms with Gasteiger partial charge in [-0.15, -0.1) is 12.4 Å². The molecule has 1 amide bonds. The molecule has 7 heteroatoms. The highest BCUT2D eigenvalue weighted by Gasteiger charge is 2.28. The largest absolute Gasteiger partial charge is 0.376 e. The first kappa shape index (κ1) is 20.8. The zero-order chi connectivity index (χ0) is 18.5. The van der Waals surface area contributed by atoms with Crippen molar-refractivity contribution in [1.82, 2.24) is 20.0 Å². The first-order chi connectivity index (χ1) is 13.3. The summed E-state index contributed by atoms with van der Waals surface area (Å²) in [6.45, 7) is 4.87. The lowest BCUT2D eigenvalue weighted by atomic mass is 10.1. The summed E-state index contributed by atoms with van der Waals surface area (Å²) in [5, 5.41) is 7.95. The SMILES string of the molecule is Cl.O=C(c1ccn(C2CCCNC2)n1)N1CCC(COCc2ccccc2)C1. The number of carbonyl (C=O) groups excluding carboxylic acids is 1. The van der Waals surface area contributed by atoms with Crippen molar-refractivity contribution < 1.29 is 9.53 Å². The van der Waals surface area contributed by atoms with Crippen LogP contribution in [0.1, 0.15) is 41.4 Å². The van der Waals surface area contributed by atoms with E-state index in [1.54, 1.807) is 0 Å². The molecule has 0 aliphatic carbocycles. The number of hydrogen-bond donors (Lipinski definition) is 1. The van der Waals surface area contributed by atoms with Crippen molar-refractivity contribution in [3.05, 3.63) is 53.9 Å². The van der Waals surface area contributed by atoms with E-state index in [-0.39, 0.29) is 18.3 Å². The van der Waals surface area contributed by atoms with Gasteiger partial charge in [-0.1, -0.05) is 30.3 Å². The van der Waals surface area contributed by atoms with Crippen LogP contribution in [0.4, 0.5) is 0 Å². The van der Waals surface area contributed by atoms with Crippen molar-refractivity contribution >= 4 is 18.3 Å². The number of halogens is 1. The van der Waals surface area contributed by atoms with Gasteiger partial charge < -0.3 is 15.0 Å². The molecule has 2 atom stereocenters. The number of hydrogen-bond acceptors (Lipinski definition) is 4. The molecule has 2 aliphatic heterocycles. The molecule has 28 heavy (non-hydrogen) atoms. The summed E-state index contributed by atoms with van der Waals surface area (Å²) in [5.41, 5.74) is 1.75. The molecule has 1 aromatic heterocycles. The highest BCUT2D eigenvalue weighted by atomic mass is 35.5. The molecular formula is C21H29ClN4O2. The van der Waals surface area contributed by atoms with Gasteiger partial charge in [0.15, 0.2) is 0 Å². The Hall–Kier alpha value is -1.89. The monoisotopic (exact) mass is 404 g/mol. The maximum absolute atomic E-state index is 12.8. The van der Waals surface area contributed by atoms with E-state index in [0.717, 1.165) is 45.4 Å². The Balaban J connectivity index is 0.00000225. The zero-order valence-electron chi connectivity index (χ0n) is 16.1. The average molecular weight is 405 g/mol. The normalized spacial score (nSPS) is 22.1. The second kappa shape index (κ2) is 10.0. The lowest BCUT2D eigenvalue weighted by molar-refractivity contribution is 0.0727. The van der Waals surface area contributed by atoms with E-state index < -0.39 is 0 Å². The Bertz CT molecular complexity index is 746. The summed E-state index contributed by atoms with van der Waals surface area (Å²) in [4.78, 5) is 14.7. The van der Waals surface area contributed by atoms with E-state index in [2.05, 4.69) is 22.5 Å². The zero-order valence-corrected chi connectivity index (χ0v) is 16.9. The first-order valence-electron chi connectivity index (χ1n) is 9.96. The van der Waals surface area contributed by atoms with E-state index in [4.69, 9.17) is 4.74 Å². The average Bonchev–Trinajstić information content (AvgIpc) is 3.39. The van der Waals surface area contributed by atoms with Gasteiger partial charge in [0.05, 0.1) is 19.3 Å². The van der Waals surface area contributed by atoms with Crippen LogP contribution in [0.15, 0.2) is 42.6 Å². The maximum Gasteiger partial charge on any atom is 0.274 e. The molecule has 4 rings (SSSR count). The van der Waals surface area contributed by atoms with Crippen LogP contribution in [0.3, 0.4) is 0 Å². The number of piperidine rings is 1. The third-order valence-electron chi connectivity index (χ3n) is 5.51. The lowest BCUT2D eigenvalue weighted by Gasteiger charge is -2.23. The molecular weight excluding hydrogens is 376 g/mol. The third-order valence-corrected chi connectivity index (χ3v) is 5.51.